The Morgan fingerprint density at radius 1 is 1.17 bits per heavy atom. The van der Waals surface area contributed by atoms with Crippen LogP contribution < -0.4 is 5.32 Å². The van der Waals surface area contributed by atoms with E-state index in [4.69, 9.17) is 0 Å². The van der Waals surface area contributed by atoms with Crippen molar-refractivity contribution in [2.75, 3.05) is 19.6 Å². The van der Waals surface area contributed by atoms with Crippen molar-refractivity contribution >= 4 is 0 Å². The highest BCUT2D eigenvalue weighted by atomic mass is 15.2. The van der Waals surface area contributed by atoms with E-state index in [-0.39, 0.29) is 0 Å². The van der Waals surface area contributed by atoms with Crippen molar-refractivity contribution in [1.29, 1.82) is 0 Å². The van der Waals surface area contributed by atoms with Gasteiger partial charge >= 0.3 is 0 Å². The third-order valence-corrected chi connectivity index (χ3v) is 4.76. The number of hydrogen-bond donors (Lipinski definition) is 1. The molecule has 0 saturated carbocycles. The first kappa shape index (κ1) is 16.0. The molecule has 1 aliphatic heterocycles. The Hall–Kier alpha value is -0.0800. The van der Waals surface area contributed by atoms with Crippen LogP contribution in [-0.2, 0) is 0 Å². The van der Waals surface area contributed by atoms with Crippen molar-refractivity contribution < 1.29 is 0 Å². The summed E-state index contributed by atoms with van der Waals surface area (Å²) in [4.78, 5) is 2.77. The van der Waals surface area contributed by atoms with Crippen molar-refractivity contribution in [3.63, 3.8) is 0 Å². The van der Waals surface area contributed by atoms with Gasteiger partial charge in [0.25, 0.3) is 0 Å². The highest BCUT2D eigenvalue weighted by Gasteiger charge is 2.29. The number of nitrogens with one attached hydrogen (secondary N) is 1. The van der Waals surface area contributed by atoms with Gasteiger partial charge in [0.15, 0.2) is 0 Å². The number of hydrogen-bond acceptors (Lipinski definition) is 2. The molecule has 0 aliphatic carbocycles. The van der Waals surface area contributed by atoms with Crippen LogP contribution in [0.2, 0.25) is 0 Å². The molecule has 1 heterocycles. The molecular weight excluding hydrogens is 220 g/mol. The lowest BCUT2D eigenvalue weighted by Gasteiger charge is -2.43. The lowest BCUT2D eigenvalue weighted by atomic mass is 9.93. The summed E-state index contributed by atoms with van der Waals surface area (Å²) in [6.07, 6.45) is 5.23. The molecule has 1 fully saturated rings. The lowest BCUT2D eigenvalue weighted by Crippen LogP contribution is -2.59. The summed E-state index contributed by atoms with van der Waals surface area (Å²) in [5.41, 5.74) is 0. The molecule has 4 unspecified atom stereocenters. The standard InChI is InChI=1S/C16H34N2/c1-6-9-15-10-17-16(14(5)8-3)12-18(15)11-13(4)7-2/h13-17H,6-12H2,1-5H3. The van der Waals surface area contributed by atoms with E-state index in [2.05, 4.69) is 44.8 Å². The predicted octanol–water partition coefficient (Wildman–Crippen LogP) is 3.52. The normalized spacial score (nSPS) is 29.2. The first-order valence-corrected chi connectivity index (χ1v) is 8.09. The Balaban J connectivity index is 2.57. The largest absolute Gasteiger partial charge is 0.311 e. The van der Waals surface area contributed by atoms with Gasteiger partial charge in [-0.1, -0.05) is 53.9 Å². The Morgan fingerprint density at radius 3 is 2.44 bits per heavy atom. The van der Waals surface area contributed by atoms with Crippen molar-refractivity contribution in [3.8, 4) is 0 Å². The molecule has 4 atom stereocenters. The van der Waals surface area contributed by atoms with E-state index in [0.29, 0.717) is 6.04 Å². The molecule has 0 aromatic rings. The van der Waals surface area contributed by atoms with Crippen molar-refractivity contribution in [3.05, 3.63) is 0 Å². The Bertz CT molecular complexity index is 217. The third-order valence-electron chi connectivity index (χ3n) is 4.76. The van der Waals surface area contributed by atoms with Crippen LogP contribution in [0.4, 0.5) is 0 Å². The molecule has 0 bridgehead atoms. The highest BCUT2D eigenvalue weighted by molar-refractivity contribution is 4.88. The molecule has 108 valence electrons. The second-order valence-corrected chi connectivity index (χ2v) is 6.31. The van der Waals surface area contributed by atoms with E-state index in [1.807, 2.05) is 0 Å². The molecule has 2 heteroatoms. The zero-order valence-corrected chi connectivity index (χ0v) is 13.2. The van der Waals surface area contributed by atoms with Crippen LogP contribution in [0.15, 0.2) is 0 Å². The van der Waals surface area contributed by atoms with Gasteiger partial charge in [-0.3, -0.25) is 4.90 Å². The smallest absolute Gasteiger partial charge is 0.0221 e. The molecule has 18 heavy (non-hydrogen) atoms. The van der Waals surface area contributed by atoms with E-state index in [1.165, 1.54) is 45.3 Å². The fourth-order valence-corrected chi connectivity index (χ4v) is 2.92. The first-order chi connectivity index (χ1) is 8.62. The summed E-state index contributed by atoms with van der Waals surface area (Å²) in [6, 6.07) is 1.47. The maximum absolute atomic E-state index is 3.78. The Kier molecular flexibility index (Phi) is 7.25. The minimum atomic E-state index is 0.701. The Labute approximate surface area is 115 Å². The summed E-state index contributed by atoms with van der Waals surface area (Å²) in [7, 11) is 0. The van der Waals surface area contributed by atoms with Crippen LogP contribution >= 0.6 is 0 Å². The van der Waals surface area contributed by atoms with Gasteiger partial charge in [0.2, 0.25) is 0 Å². The Morgan fingerprint density at radius 2 is 1.89 bits per heavy atom. The van der Waals surface area contributed by atoms with E-state index in [1.54, 1.807) is 0 Å². The second-order valence-electron chi connectivity index (χ2n) is 6.31. The maximum Gasteiger partial charge on any atom is 0.0221 e. The van der Waals surface area contributed by atoms with Crippen LogP contribution in [0, 0.1) is 11.8 Å². The van der Waals surface area contributed by atoms with E-state index < -0.39 is 0 Å². The SMILES string of the molecule is CCCC1CNC(C(C)CC)CN1CC(C)CC. The van der Waals surface area contributed by atoms with Gasteiger partial charge in [-0.15, -0.1) is 0 Å². The molecule has 0 spiro atoms. The summed E-state index contributed by atoms with van der Waals surface area (Å²) in [5.74, 6) is 1.63. The van der Waals surface area contributed by atoms with Crippen molar-refractivity contribution in [1.82, 2.24) is 10.2 Å². The maximum atomic E-state index is 3.78. The molecule has 1 aliphatic rings. The van der Waals surface area contributed by atoms with Gasteiger partial charge in [-0.2, -0.15) is 0 Å². The lowest BCUT2D eigenvalue weighted by molar-refractivity contribution is 0.0883. The summed E-state index contributed by atoms with van der Waals surface area (Å²) in [6.45, 7) is 15.4. The molecular formula is C16H34N2. The molecule has 1 saturated heterocycles. The average molecular weight is 254 g/mol. The van der Waals surface area contributed by atoms with Crippen molar-refractivity contribution in [2.45, 2.75) is 72.4 Å². The number of nitrogens with zero attached hydrogens (tertiary/aromatic N) is 1. The molecule has 0 aromatic carbocycles. The molecule has 0 radical (unpaired) electrons. The zero-order chi connectivity index (χ0) is 13.5. The minimum Gasteiger partial charge on any atom is -0.311 e. The second kappa shape index (κ2) is 8.16. The zero-order valence-electron chi connectivity index (χ0n) is 13.2. The fraction of sp³-hybridized carbons (Fsp3) is 1.00. The topological polar surface area (TPSA) is 15.3 Å². The van der Waals surface area contributed by atoms with E-state index >= 15 is 0 Å². The molecule has 0 aromatic heterocycles. The van der Waals surface area contributed by atoms with Gasteiger partial charge in [0.1, 0.15) is 0 Å². The van der Waals surface area contributed by atoms with Crippen LogP contribution in [0.5, 0.6) is 0 Å². The predicted molar refractivity (Wildman–Crippen MR) is 81.0 cm³/mol. The quantitative estimate of drug-likeness (QED) is 0.748. The number of piperazine rings is 1. The monoisotopic (exact) mass is 254 g/mol. The number of rotatable bonds is 7. The van der Waals surface area contributed by atoms with Gasteiger partial charge in [-0.25, -0.2) is 0 Å². The van der Waals surface area contributed by atoms with Crippen LogP contribution in [0.3, 0.4) is 0 Å². The van der Waals surface area contributed by atoms with Crippen LogP contribution in [0.25, 0.3) is 0 Å². The summed E-state index contributed by atoms with van der Waals surface area (Å²) >= 11 is 0. The first-order valence-electron chi connectivity index (χ1n) is 8.09. The van der Waals surface area contributed by atoms with Gasteiger partial charge < -0.3 is 5.32 Å². The van der Waals surface area contributed by atoms with E-state index in [0.717, 1.165) is 17.9 Å². The van der Waals surface area contributed by atoms with Gasteiger partial charge in [-0.05, 0) is 18.3 Å². The fourth-order valence-electron chi connectivity index (χ4n) is 2.92. The summed E-state index contributed by atoms with van der Waals surface area (Å²) < 4.78 is 0. The van der Waals surface area contributed by atoms with Gasteiger partial charge in [0.05, 0.1) is 0 Å². The van der Waals surface area contributed by atoms with Crippen LogP contribution in [-0.4, -0.2) is 36.6 Å². The summed E-state index contributed by atoms with van der Waals surface area (Å²) in [5, 5.41) is 3.78. The third kappa shape index (κ3) is 4.55. The molecule has 1 rings (SSSR count). The molecule has 2 nitrogen and oxygen atoms in total. The minimum absolute atomic E-state index is 0.701. The molecule has 0 amide bonds. The molecule has 1 N–H and O–H groups in total. The highest BCUT2D eigenvalue weighted by Crippen LogP contribution is 2.20. The van der Waals surface area contributed by atoms with Gasteiger partial charge in [0, 0.05) is 31.7 Å². The average Bonchev–Trinajstić information content (AvgIpc) is 2.39. The van der Waals surface area contributed by atoms with Crippen molar-refractivity contribution in [2.24, 2.45) is 11.8 Å². The van der Waals surface area contributed by atoms with E-state index in [9.17, 15) is 0 Å². The van der Waals surface area contributed by atoms with Crippen LogP contribution in [0.1, 0.15) is 60.3 Å².